The van der Waals surface area contributed by atoms with Crippen LogP contribution in [-0.2, 0) is 19.1 Å². The third-order valence-corrected chi connectivity index (χ3v) is 2.35. The molecule has 0 spiro atoms. The van der Waals surface area contributed by atoms with Gasteiger partial charge in [-0.15, -0.1) is 0 Å². The lowest BCUT2D eigenvalue weighted by atomic mass is 10.1. The fraction of sp³-hybridized carbons (Fsp3) is 0.769. The molecule has 0 aromatic carbocycles. The molecule has 110 valence electrons. The fourth-order valence-electron chi connectivity index (χ4n) is 1.54. The Morgan fingerprint density at radius 1 is 1.11 bits per heavy atom. The fourth-order valence-corrected chi connectivity index (χ4v) is 1.54. The van der Waals surface area contributed by atoms with Crippen LogP contribution in [0.5, 0.6) is 0 Å². The lowest BCUT2D eigenvalue weighted by Gasteiger charge is -2.16. The molecule has 0 aromatic rings. The van der Waals surface area contributed by atoms with Gasteiger partial charge in [0.2, 0.25) is 0 Å². The Balaban J connectivity index is 3.82. The molecule has 0 fully saturated rings. The van der Waals surface area contributed by atoms with Crippen LogP contribution in [0.25, 0.3) is 0 Å². The number of nitrogens with zero attached hydrogens (tertiary/aromatic N) is 1. The van der Waals surface area contributed by atoms with Gasteiger partial charge in [-0.05, 0) is 26.2 Å². The average molecular weight is 272 g/mol. The van der Waals surface area contributed by atoms with E-state index in [2.05, 4.69) is 4.99 Å². The molecule has 0 amide bonds. The van der Waals surface area contributed by atoms with Crippen LogP contribution >= 0.6 is 0 Å². The maximum Gasteiger partial charge on any atom is 0.303 e. The number of esters is 2. The van der Waals surface area contributed by atoms with Crippen LogP contribution in [0.4, 0.5) is 0 Å². The van der Waals surface area contributed by atoms with E-state index in [1.807, 2.05) is 0 Å². The summed E-state index contributed by atoms with van der Waals surface area (Å²) in [5.41, 5.74) is 5.42. The Hall–Kier alpha value is -1.59. The molecule has 0 aliphatic carbocycles. The third-order valence-electron chi connectivity index (χ3n) is 2.35. The summed E-state index contributed by atoms with van der Waals surface area (Å²) >= 11 is 0. The summed E-state index contributed by atoms with van der Waals surface area (Å²) in [6, 6.07) is 0. The van der Waals surface area contributed by atoms with Crippen molar-refractivity contribution >= 4 is 17.8 Å². The SMILES string of the molecule is CC(=O)OCC(CCCCCN=C(C)N)OC(C)=O. The van der Waals surface area contributed by atoms with Gasteiger partial charge >= 0.3 is 11.9 Å². The maximum atomic E-state index is 10.9. The molecule has 0 bridgehead atoms. The second kappa shape index (κ2) is 10.3. The van der Waals surface area contributed by atoms with Crippen molar-refractivity contribution in [3.8, 4) is 0 Å². The molecule has 0 aliphatic rings. The van der Waals surface area contributed by atoms with Crippen LogP contribution in [0.2, 0.25) is 0 Å². The van der Waals surface area contributed by atoms with E-state index in [1.165, 1.54) is 13.8 Å². The van der Waals surface area contributed by atoms with E-state index < -0.39 is 0 Å². The largest absolute Gasteiger partial charge is 0.462 e. The molecule has 0 aliphatic heterocycles. The van der Waals surface area contributed by atoms with Gasteiger partial charge in [-0.1, -0.05) is 6.42 Å². The van der Waals surface area contributed by atoms with Crippen LogP contribution in [-0.4, -0.2) is 37.0 Å². The highest BCUT2D eigenvalue weighted by Crippen LogP contribution is 2.08. The van der Waals surface area contributed by atoms with Gasteiger partial charge in [0.25, 0.3) is 0 Å². The Labute approximate surface area is 114 Å². The van der Waals surface area contributed by atoms with E-state index >= 15 is 0 Å². The summed E-state index contributed by atoms with van der Waals surface area (Å²) in [5.74, 6) is -0.141. The van der Waals surface area contributed by atoms with E-state index in [9.17, 15) is 9.59 Å². The maximum absolute atomic E-state index is 10.9. The van der Waals surface area contributed by atoms with Crippen molar-refractivity contribution in [3.63, 3.8) is 0 Å². The van der Waals surface area contributed by atoms with Gasteiger partial charge in [0.15, 0.2) is 0 Å². The molecule has 6 nitrogen and oxygen atoms in total. The normalized spacial score (nSPS) is 12.9. The van der Waals surface area contributed by atoms with Crippen LogP contribution < -0.4 is 5.73 Å². The van der Waals surface area contributed by atoms with Crippen molar-refractivity contribution in [2.45, 2.75) is 52.6 Å². The van der Waals surface area contributed by atoms with Crippen LogP contribution in [0, 0.1) is 0 Å². The molecular weight excluding hydrogens is 248 g/mol. The van der Waals surface area contributed by atoms with E-state index in [0.717, 1.165) is 19.3 Å². The predicted octanol–water partition coefficient (Wildman–Crippen LogP) is 1.42. The molecule has 6 heteroatoms. The molecule has 0 heterocycles. The van der Waals surface area contributed by atoms with Crippen LogP contribution in [0.3, 0.4) is 0 Å². The number of hydrogen-bond donors (Lipinski definition) is 1. The highest BCUT2D eigenvalue weighted by atomic mass is 16.6. The van der Waals surface area contributed by atoms with Gasteiger partial charge < -0.3 is 15.2 Å². The molecule has 2 N–H and O–H groups in total. The number of aliphatic imine (C=N–C) groups is 1. The number of amidine groups is 1. The zero-order valence-electron chi connectivity index (χ0n) is 12.0. The van der Waals surface area contributed by atoms with Crippen molar-refractivity contribution in [3.05, 3.63) is 0 Å². The quantitative estimate of drug-likeness (QED) is 0.296. The molecule has 1 unspecified atom stereocenters. The topological polar surface area (TPSA) is 91.0 Å². The number of carbonyl (C=O) groups is 2. The van der Waals surface area contributed by atoms with Gasteiger partial charge in [0.1, 0.15) is 12.7 Å². The first kappa shape index (κ1) is 17.4. The zero-order valence-corrected chi connectivity index (χ0v) is 12.0. The summed E-state index contributed by atoms with van der Waals surface area (Å²) in [6.45, 7) is 5.27. The summed E-state index contributed by atoms with van der Waals surface area (Å²) in [6.07, 6.45) is 3.11. The Kier molecular flexibility index (Phi) is 9.48. The monoisotopic (exact) mass is 272 g/mol. The van der Waals surface area contributed by atoms with E-state index in [4.69, 9.17) is 15.2 Å². The van der Waals surface area contributed by atoms with Gasteiger partial charge in [-0.2, -0.15) is 0 Å². The number of carbonyl (C=O) groups excluding carboxylic acids is 2. The number of ether oxygens (including phenoxy) is 2. The van der Waals surface area contributed by atoms with E-state index in [1.54, 1.807) is 6.92 Å². The highest BCUT2D eigenvalue weighted by molar-refractivity contribution is 5.77. The minimum atomic E-state index is -0.370. The first-order valence-electron chi connectivity index (χ1n) is 6.49. The summed E-state index contributed by atoms with van der Waals surface area (Å²) in [5, 5.41) is 0. The molecule has 0 aromatic heterocycles. The second-order valence-corrected chi connectivity index (χ2v) is 4.41. The Morgan fingerprint density at radius 3 is 2.32 bits per heavy atom. The first-order chi connectivity index (χ1) is 8.91. The van der Waals surface area contributed by atoms with Crippen molar-refractivity contribution < 1.29 is 19.1 Å². The molecule has 1 atom stereocenters. The third kappa shape index (κ3) is 12.7. The summed E-state index contributed by atoms with van der Waals surface area (Å²) in [4.78, 5) is 25.7. The lowest BCUT2D eigenvalue weighted by Crippen LogP contribution is -2.23. The lowest BCUT2D eigenvalue weighted by molar-refractivity contribution is -0.156. The minimum Gasteiger partial charge on any atom is -0.462 e. The Morgan fingerprint density at radius 2 is 1.79 bits per heavy atom. The summed E-state index contributed by atoms with van der Waals surface area (Å²) < 4.78 is 9.94. The standard InChI is InChI=1S/C13H24N2O4/c1-10(14)15-8-6-4-5-7-13(19-12(3)17)9-18-11(2)16/h13H,4-9H2,1-3H3,(H2,14,15). The average Bonchev–Trinajstić information content (AvgIpc) is 2.29. The van der Waals surface area contributed by atoms with Crippen LogP contribution in [0.15, 0.2) is 4.99 Å². The highest BCUT2D eigenvalue weighted by Gasteiger charge is 2.13. The van der Waals surface area contributed by atoms with Crippen molar-refractivity contribution in [2.24, 2.45) is 10.7 Å². The van der Waals surface area contributed by atoms with Gasteiger partial charge in [-0.3, -0.25) is 14.6 Å². The zero-order chi connectivity index (χ0) is 14.7. The van der Waals surface area contributed by atoms with Crippen molar-refractivity contribution in [1.82, 2.24) is 0 Å². The second-order valence-electron chi connectivity index (χ2n) is 4.41. The molecule has 0 saturated heterocycles. The van der Waals surface area contributed by atoms with Gasteiger partial charge in [-0.25, -0.2) is 0 Å². The van der Waals surface area contributed by atoms with Gasteiger partial charge in [0, 0.05) is 20.4 Å². The molecular formula is C13H24N2O4. The number of hydrogen-bond acceptors (Lipinski definition) is 5. The number of rotatable bonds is 9. The van der Waals surface area contributed by atoms with E-state index in [-0.39, 0.29) is 24.6 Å². The minimum absolute atomic E-state index is 0.120. The molecule has 0 radical (unpaired) electrons. The number of nitrogens with two attached hydrogens (primary N) is 1. The first-order valence-corrected chi connectivity index (χ1v) is 6.49. The predicted molar refractivity (Wildman–Crippen MR) is 72.8 cm³/mol. The van der Waals surface area contributed by atoms with E-state index in [0.29, 0.717) is 18.8 Å². The van der Waals surface area contributed by atoms with Crippen LogP contribution in [0.1, 0.15) is 46.5 Å². The molecule has 0 saturated carbocycles. The summed E-state index contributed by atoms with van der Waals surface area (Å²) in [7, 11) is 0. The molecule has 19 heavy (non-hydrogen) atoms. The van der Waals surface area contributed by atoms with Crippen molar-refractivity contribution in [2.75, 3.05) is 13.2 Å². The number of unbranched alkanes of at least 4 members (excludes halogenated alkanes) is 2. The van der Waals surface area contributed by atoms with Gasteiger partial charge in [0.05, 0.1) is 5.84 Å². The molecule has 0 rings (SSSR count). The smallest absolute Gasteiger partial charge is 0.303 e. The van der Waals surface area contributed by atoms with Crippen molar-refractivity contribution in [1.29, 1.82) is 0 Å². The Bertz CT molecular complexity index is 312.